The molecule has 0 spiro atoms. The van der Waals surface area contributed by atoms with Crippen LogP contribution in [0.15, 0.2) is 12.2 Å². The van der Waals surface area contributed by atoms with Crippen LogP contribution in [0.1, 0.15) is 72.6 Å². The van der Waals surface area contributed by atoms with Crippen molar-refractivity contribution in [3.05, 3.63) is 12.2 Å². The summed E-state index contributed by atoms with van der Waals surface area (Å²) in [6, 6.07) is -0.562. The van der Waals surface area contributed by atoms with Gasteiger partial charge in [-0.15, -0.1) is 0 Å². The number of rotatable bonds is 11. The van der Waals surface area contributed by atoms with Gasteiger partial charge in [0.05, 0.1) is 0 Å². The monoisotopic (exact) mass is 559 g/mol. The van der Waals surface area contributed by atoms with Crippen LogP contribution in [0.25, 0.3) is 0 Å². The number of nitrogens with zero attached hydrogens (tertiary/aromatic N) is 2. The van der Waals surface area contributed by atoms with E-state index in [2.05, 4.69) is 23.0 Å². The minimum absolute atomic E-state index is 0.183. The van der Waals surface area contributed by atoms with E-state index in [9.17, 15) is 27.6 Å². The molecule has 0 bridgehead atoms. The number of allylic oxidation sites excluding steroid dienone is 2. The first-order valence-corrected chi connectivity index (χ1v) is 14.5. The summed E-state index contributed by atoms with van der Waals surface area (Å²) < 4.78 is 31.1. The molecule has 0 aromatic heterocycles. The SMILES string of the molecule is CC(C)(C)OC(=O)NCC(=O)N1CCC[C@H]1C(N)=O.CCCCC/C=C\[C@@H]1C[C@@H]1C(=O)NS(=O)(=O)N(C)C. The zero-order valence-corrected chi connectivity index (χ0v) is 24.3. The van der Waals surface area contributed by atoms with Crippen LogP contribution >= 0.6 is 0 Å². The number of primary amides is 1. The molecule has 0 radical (unpaired) electrons. The van der Waals surface area contributed by atoms with Crippen molar-refractivity contribution in [3.63, 3.8) is 0 Å². The van der Waals surface area contributed by atoms with Gasteiger partial charge in [-0.05, 0) is 58.8 Å². The van der Waals surface area contributed by atoms with Crippen molar-refractivity contribution in [2.45, 2.75) is 84.3 Å². The lowest BCUT2D eigenvalue weighted by molar-refractivity contribution is -0.136. The standard InChI is InChI=1S/C13H24N2O3S.C12H21N3O4/c1-4-5-6-7-8-9-11-10-12(11)13(16)14-19(17,18)15(2)3;1-12(2,3)19-11(18)14-7-9(16)15-6-4-5-8(15)10(13)17/h8-9,11-12H,4-7,10H2,1-3H3,(H,14,16);8H,4-7H2,1-3H3,(H2,13,17)(H,14,18)/b9-8-;/t11-,12+;8-/m10/s1. The number of hydrogen-bond acceptors (Lipinski definition) is 7. The van der Waals surface area contributed by atoms with E-state index in [0.717, 1.165) is 23.6 Å². The number of unbranched alkanes of at least 4 members (excludes halogenated alkanes) is 3. The van der Waals surface area contributed by atoms with Gasteiger partial charge in [-0.25, -0.2) is 9.52 Å². The topological polar surface area (TPSA) is 168 Å². The Morgan fingerprint density at radius 1 is 1.16 bits per heavy atom. The highest BCUT2D eigenvalue weighted by molar-refractivity contribution is 7.87. The Hall–Kier alpha value is -2.67. The van der Waals surface area contributed by atoms with Crippen molar-refractivity contribution in [1.82, 2.24) is 19.2 Å². The quantitative estimate of drug-likeness (QED) is 0.255. The van der Waals surface area contributed by atoms with Gasteiger partial charge in [0.15, 0.2) is 0 Å². The zero-order valence-electron chi connectivity index (χ0n) is 23.5. The minimum Gasteiger partial charge on any atom is -0.444 e. The molecule has 2 aliphatic rings. The Bertz CT molecular complexity index is 960. The Morgan fingerprint density at radius 3 is 2.37 bits per heavy atom. The number of carbonyl (C=O) groups is 4. The highest BCUT2D eigenvalue weighted by Gasteiger charge is 2.42. The van der Waals surface area contributed by atoms with Crippen LogP contribution in [-0.2, 0) is 29.3 Å². The normalized spacial score (nSPS) is 21.0. The number of carbonyl (C=O) groups excluding carboxylic acids is 4. The lowest BCUT2D eigenvalue weighted by Gasteiger charge is -2.23. The number of amides is 4. The van der Waals surface area contributed by atoms with Gasteiger partial charge in [-0.2, -0.15) is 12.7 Å². The summed E-state index contributed by atoms with van der Waals surface area (Å²) in [5, 5.41) is 2.37. The molecule has 13 heteroatoms. The second kappa shape index (κ2) is 15.1. The van der Waals surface area contributed by atoms with Gasteiger partial charge in [0.2, 0.25) is 17.7 Å². The van der Waals surface area contributed by atoms with Crippen molar-refractivity contribution < 1.29 is 32.3 Å². The van der Waals surface area contributed by atoms with Gasteiger partial charge in [-0.3, -0.25) is 14.4 Å². The van der Waals surface area contributed by atoms with E-state index in [1.807, 2.05) is 6.08 Å². The predicted octanol–water partition coefficient (Wildman–Crippen LogP) is 1.67. The number of likely N-dealkylation sites (tertiary alicyclic amines) is 1. The molecular weight excluding hydrogens is 514 g/mol. The molecule has 1 aliphatic carbocycles. The van der Waals surface area contributed by atoms with E-state index >= 15 is 0 Å². The first-order valence-electron chi connectivity index (χ1n) is 13.1. The Morgan fingerprint density at radius 2 is 1.82 bits per heavy atom. The van der Waals surface area contributed by atoms with Gasteiger partial charge in [0, 0.05) is 26.6 Å². The third kappa shape index (κ3) is 12.2. The summed E-state index contributed by atoms with van der Waals surface area (Å²) in [5.74, 6) is -1.21. The van der Waals surface area contributed by atoms with Gasteiger partial charge in [0.1, 0.15) is 18.2 Å². The number of nitrogens with two attached hydrogens (primary N) is 1. The lowest BCUT2D eigenvalue weighted by Crippen LogP contribution is -2.48. The molecule has 1 heterocycles. The van der Waals surface area contributed by atoms with Crippen LogP contribution in [-0.4, -0.2) is 80.3 Å². The Kier molecular flexibility index (Phi) is 13.2. The first-order chi connectivity index (χ1) is 17.6. The van der Waals surface area contributed by atoms with E-state index < -0.39 is 39.8 Å². The van der Waals surface area contributed by atoms with Crippen LogP contribution in [0.2, 0.25) is 0 Å². The molecule has 0 aromatic carbocycles. The second-order valence-electron chi connectivity index (χ2n) is 10.7. The smallest absolute Gasteiger partial charge is 0.408 e. The van der Waals surface area contributed by atoms with Crippen LogP contribution in [0.5, 0.6) is 0 Å². The van der Waals surface area contributed by atoms with Crippen LogP contribution in [0.3, 0.4) is 0 Å². The fraction of sp³-hybridized carbons (Fsp3) is 0.760. The molecule has 12 nitrogen and oxygen atoms in total. The first kappa shape index (κ1) is 33.4. The zero-order chi connectivity index (χ0) is 29.1. The van der Waals surface area contributed by atoms with Crippen molar-refractivity contribution >= 4 is 34.0 Å². The third-order valence-electron chi connectivity index (χ3n) is 5.93. The van der Waals surface area contributed by atoms with E-state index in [-0.39, 0.29) is 24.3 Å². The number of nitrogens with one attached hydrogen (secondary N) is 2. The van der Waals surface area contributed by atoms with Crippen LogP contribution < -0.4 is 15.8 Å². The molecule has 2 rings (SSSR count). The van der Waals surface area contributed by atoms with Crippen molar-refractivity contribution in [1.29, 1.82) is 0 Å². The molecule has 1 aliphatic heterocycles. The van der Waals surface area contributed by atoms with Crippen molar-refractivity contribution in [2.75, 3.05) is 27.2 Å². The van der Waals surface area contributed by atoms with Crippen LogP contribution in [0.4, 0.5) is 4.79 Å². The van der Waals surface area contributed by atoms with Crippen molar-refractivity contribution in [3.8, 4) is 0 Å². The van der Waals surface area contributed by atoms with Gasteiger partial charge in [-0.1, -0.05) is 31.9 Å². The lowest BCUT2D eigenvalue weighted by atomic mass is 10.2. The number of alkyl carbamates (subject to hydrolysis) is 1. The molecule has 3 atom stereocenters. The average molecular weight is 560 g/mol. The predicted molar refractivity (Wildman–Crippen MR) is 144 cm³/mol. The van der Waals surface area contributed by atoms with Crippen molar-refractivity contribution in [2.24, 2.45) is 17.6 Å². The maximum Gasteiger partial charge on any atom is 0.408 e. The molecule has 2 fully saturated rings. The van der Waals surface area contributed by atoms with E-state index in [1.165, 1.54) is 38.3 Å². The van der Waals surface area contributed by atoms with Gasteiger partial charge >= 0.3 is 16.3 Å². The molecule has 218 valence electrons. The number of hydrogen-bond donors (Lipinski definition) is 3. The summed E-state index contributed by atoms with van der Waals surface area (Å²) >= 11 is 0. The molecule has 4 N–H and O–H groups in total. The third-order valence-corrected chi connectivity index (χ3v) is 7.35. The summed E-state index contributed by atoms with van der Waals surface area (Å²) in [6.45, 7) is 7.66. The summed E-state index contributed by atoms with van der Waals surface area (Å²) in [7, 11) is -0.856. The summed E-state index contributed by atoms with van der Waals surface area (Å²) in [5.41, 5.74) is 4.61. The molecule has 1 saturated heterocycles. The van der Waals surface area contributed by atoms with E-state index in [4.69, 9.17) is 10.5 Å². The molecule has 38 heavy (non-hydrogen) atoms. The highest BCUT2D eigenvalue weighted by atomic mass is 32.2. The maximum absolute atomic E-state index is 11.9. The Balaban J connectivity index is 0.000000380. The highest BCUT2D eigenvalue weighted by Crippen LogP contribution is 2.40. The fourth-order valence-corrected chi connectivity index (χ4v) is 4.32. The van der Waals surface area contributed by atoms with E-state index in [1.54, 1.807) is 20.8 Å². The average Bonchev–Trinajstić information content (AvgIpc) is 3.39. The summed E-state index contributed by atoms with van der Waals surface area (Å²) in [4.78, 5) is 47.6. The van der Waals surface area contributed by atoms with Gasteiger partial charge in [0.25, 0.3) is 0 Å². The fourth-order valence-electron chi connectivity index (χ4n) is 3.73. The largest absolute Gasteiger partial charge is 0.444 e. The van der Waals surface area contributed by atoms with Crippen LogP contribution in [0, 0.1) is 11.8 Å². The molecule has 0 unspecified atom stereocenters. The molecule has 1 saturated carbocycles. The number of ether oxygens (including phenoxy) is 1. The summed E-state index contributed by atoms with van der Waals surface area (Å²) in [6.07, 6.45) is 10.2. The molecule has 4 amide bonds. The molecular formula is C25H45N5O7S. The molecule has 0 aromatic rings. The maximum atomic E-state index is 11.9. The second-order valence-corrected chi connectivity index (χ2v) is 12.6. The van der Waals surface area contributed by atoms with E-state index in [0.29, 0.717) is 13.0 Å². The Labute approximate surface area is 226 Å². The minimum atomic E-state index is -3.65. The van der Waals surface area contributed by atoms with Gasteiger partial charge < -0.3 is 20.7 Å².